The van der Waals surface area contributed by atoms with Gasteiger partial charge in [-0.1, -0.05) is 18.2 Å². The fraction of sp³-hybridized carbons (Fsp3) is 0.300. The van der Waals surface area contributed by atoms with Crippen LogP contribution in [0.15, 0.2) is 30.3 Å². The zero-order chi connectivity index (χ0) is 12.2. The van der Waals surface area contributed by atoms with Crippen LogP contribution in [0.1, 0.15) is 10.4 Å². The summed E-state index contributed by atoms with van der Waals surface area (Å²) in [6, 6.07) is 7.61. The summed E-state index contributed by atoms with van der Waals surface area (Å²) in [5, 5.41) is 1.74. The highest BCUT2D eigenvalue weighted by molar-refractivity contribution is 5.94. The molecule has 6 heteroatoms. The van der Waals surface area contributed by atoms with Crippen LogP contribution in [-0.2, 0) is 4.74 Å². The van der Waals surface area contributed by atoms with Crippen molar-refractivity contribution in [3.8, 4) is 0 Å². The van der Waals surface area contributed by atoms with Crippen molar-refractivity contribution in [3.63, 3.8) is 0 Å². The van der Waals surface area contributed by atoms with Crippen LogP contribution in [0.2, 0.25) is 0 Å². The average Bonchev–Trinajstić information content (AvgIpc) is 2.25. The van der Waals surface area contributed by atoms with Crippen LogP contribution >= 0.6 is 0 Å². The summed E-state index contributed by atoms with van der Waals surface area (Å²) < 4.78 is 40.9. The molecule has 0 bridgehead atoms. The van der Waals surface area contributed by atoms with Crippen molar-refractivity contribution in [1.82, 2.24) is 5.32 Å². The van der Waals surface area contributed by atoms with E-state index in [9.17, 15) is 18.0 Å². The van der Waals surface area contributed by atoms with Gasteiger partial charge in [-0.05, 0) is 12.1 Å². The number of carbonyl (C=O) groups excluding carboxylic acids is 1. The number of hydrogen-bond acceptors (Lipinski definition) is 2. The number of amides is 1. The maximum atomic E-state index is 12.3. The lowest BCUT2D eigenvalue weighted by atomic mass is 10.2. The van der Waals surface area contributed by atoms with Gasteiger partial charge in [0.05, 0.1) is 0 Å². The molecule has 1 aromatic carbocycles. The first-order chi connectivity index (χ1) is 7.45. The van der Waals surface area contributed by atoms with Crippen LogP contribution in [0.3, 0.4) is 0 Å². The zero-order valence-electron chi connectivity index (χ0n) is 8.41. The van der Waals surface area contributed by atoms with Crippen LogP contribution < -0.4 is 5.32 Å². The molecule has 0 radical (unpaired) electrons. The molecular weight excluding hydrogens is 223 g/mol. The highest BCUT2D eigenvalue weighted by Gasteiger charge is 2.41. The molecule has 1 atom stereocenters. The molecule has 3 nitrogen and oxygen atoms in total. The summed E-state index contributed by atoms with van der Waals surface area (Å²) in [6.45, 7) is 0. The van der Waals surface area contributed by atoms with E-state index in [0.29, 0.717) is 0 Å². The van der Waals surface area contributed by atoms with Gasteiger partial charge < -0.3 is 10.1 Å². The molecule has 0 aliphatic rings. The van der Waals surface area contributed by atoms with E-state index in [0.717, 1.165) is 7.11 Å². The monoisotopic (exact) mass is 233 g/mol. The fourth-order valence-corrected chi connectivity index (χ4v) is 1.07. The second kappa shape index (κ2) is 4.98. The Kier molecular flexibility index (Phi) is 3.89. The maximum Gasteiger partial charge on any atom is 0.433 e. The van der Waals surface area contributed by atoms with E-state index in [-0.39, 0.29) is 5.56 Å². The lowest BCUT2D eigenvalue weighted by Crippen LogP contribution is -2.46. The SMILES string of the molecule is COC(NC(=O)c1ccccc1)C(F)(F)F. The number of methoxy groups -OCH3 is 1. The smallest absolute Gasteiger partial charge is 0.353 e. The number of nitrogens with one attached hydrogen (secondary N) is 1. The minimum absolute atomic E-state index is 0.147. The van der Waals surface area contributed by atoms with Gasteiger partial charge in [0.15, 0.2) is 0 Å². The molecule has 0 aromatic heterocycles. The van der Waals surface area contributed by atoms with E-state index < -0.39 is 18.3 Å². The second-order valence-corrected chi connectivity index (χ2v) is 3.00. The zero-order valence-corrected chi connectivity index (χ0v) is 8.41. The lowest BCUT2D eigenvalue weighted by Gasteiger charge is -2.19. The van der Waals surface area contributed by atoms with E-state index in [1.807, 2.05) is 0 Å². The van der Waals surface area contributed by atoms with Gasteiger partial charge in [0, 0.05) is 12.7 Å². The predicted molar refractivity (Wildman–Crippen MR) is 50.8 cm³/mol. The molecule has 0 aliphatic carbocycles. The summed E-state index contributed by atoms with van der Waals surface area (Å²) in [5.74, 6) is -0.829. The van der Waals surface area contributed by atoms with Gasteiger partial charge in [-0.15, -0.1) is 0 Å². The summed E-state index contributed by atoms with van der Waals surface area (Å²) in [6.07, 6.45) is -6.92. The lowest BCUT2D eigenvalue weighted by molar-refractivity contribution is -0.218. The Morgan fingerprint density at radius 1 is 1.31 bits per heavy atom. The van der Waals surface area contributed by atoms with E-state index >= 15 is 0 Å². The number of ether oxygens (including phenoxy) is 1. The van der Waals surface area contributed by atoms with Crippen molar-refractivity contribution in [3.05, 3.63) is 35.9 Å². The van der Waals surface area contributed by atoms with E-state index in [4.69, 9.17) is 0 Å². The van der Waals surface area contributed by atoms with Gasteiger partial charge in [0.2, 0.25) is 6.23 Å². The molecule has 16 heavy (non-hydrogen) atoms. The Bertz CT molecular complexity index is 351. The molecule has 0 saturated carbocycles. The quantitative estimate of drug-likeness (QED) is 0.810. The second-order valence-electron chi connectivity index (χ2n) is 3.00. The van der Waals surface area contributed by atoms with Crippen molar-refractivity contribution in [2.24, 2.45) is 0 Å². The van der Waals surface area contributed by atoms with Gasteiger partial charge in [-0.2, -0.15) is 13.2 Å². The Morgan fingerprint density at radius 2 is 1.88 bits per heavy atom. The van der Waals surface area contributed by atoms with Crippen molar-refractivity contribution < 1.29 is 22.7 Å². The summed E-state index contributed by atoms with van der Waals surface area (Å²) in [5.41, 5.74) is 0.147. The van der Waals surface area contributed by atoms with Crippen molar-refractivity contribution in [2.75, 3.05) is 7.11 Å². The fourth-order valence-electron chi connectivity index (χ4n) is 1.07. The summed E-state index contributed by atoms with van der Waals surface area (Å²) in [4.78, 5) is 11.4. The predicted octanol–water partition coefficient (Wildman–Crippen LogP) is 1.95. The summed E-state index contributed by atoms with van der Waals surface area (Å²) >= 11 is 0. The third-order valence-electron chi connectivity index (χ3n) is 1.83. The number of benzene rings is 1. The minimum atomic E-state index is -4.63. The number of halogens is 3. The van der Waals surface area contributed by atoms with Crippen LogP contribution in [-0.4, -0.2) is 25.4 Å². The molecule has 0 fully saturated rings. The normalized spacial score (nSPS) is 13.2. The molecule has 1 rings (SSSR count). The first-order valence-corrected chi connectivity index (χ1v) is 4.40. The highest BCUT2D eigenvalue weighted by atomic mass is 19.4. The van der Waals surface area contributed by atoms with Gasteiger partial charge in [0.1, 0.15) is 0 Å². The number of rotatable bonds is 3. The molecule has 0 aliphatic heterocycles. The Hall–Kier alpha value is -1.56. The van der Waals surface area contributed by atoms with Crippen molar-refractivity contribution >= 4 is 5.91 Å². The number of hydrogen-bond donors (Lipinski definition) is 1. The van der Waals surface area contributed by atoms with E-state index in [1.54, 1.807) is 23.5 Å². The minimum Gasteiger partial charge on any atom is -0.353 e. The maximum absolute atomic E-state index is 12.3. The molecule has 88 valence electrons. The largest absolute Gasteiger partial charge is 0.433 e. The Balaban J connectivity index is 2.71. The molecule has 1 aromatic rings. The van der Waals surface area contributed by atoms with Gasteiger partial charge in [-0.3, -0.25) is 4.79 Å². The molecule has 0 spiro atoms. The third-order valence-corrected chi connectivity index (χ3v) is 1.83. The first-order valence-electron chi connectivity index (χ1n) is 4.40. The molecule has 1 unspecified atom stereocenters. The van der Waals surface area contributed by atoms with Crippen LogP contribution in [0.5, 0.6) is 0 Å². The topological polar surface area (TPSA) is 38.3 Å². The third kappa shape index (κ3) is 3.23. The van der Waals surface area contributed by atoms with Crippen molar-refractivity contribution in [2.45, 2.75) is 12.4 Å². The van der Waals surface area contributed by atoms with Crippen LogP contribution in [0, 0.1) is 0 Å². The van der Waals surface area contributed by atoms with Crippen LogP contribution in [0.4, 0.5) is 13.2 Å². The number of alkyl halides is 3. The van der Waals surface area contributed by atoms with Crippen molar-refractivity contribution in [1.29, 1.82) is 0 Å². The molecule has 1 amide bonds. The molecular formula is C10H10F3NO2. The standard InChI is InChI=1S/C10H10F3NO2/c1-16-9(10(11,12)13)14-8(15)7-5-3-2-4-6-7/h2-6,9H,1H3,(H,14,15). The number of carbonyl (C=O) groups is 1. The summed E-state index contributed by atoms with van der Waals surface area (Å²) in [7, 11) is 0.878. The average molecular weight is 233 g/mol. The molecule has 0 saturated heterocycles. The Labute approximate surface area is 90.2 Å². The Morgan fingerprint density at radius 3 is 2.31 bits per heavy atom. The van der Waals surface area contributed by atoms with E-state index in [1.165, 1.54) is 12.1 Å². The first kappa shape index (κ1) is 12.5. The van der Waals surface area contributed by atoms with Gasteiger partial charge >= 0.3 is 6.18 Å². The highest BCUT2D eigenvalue weighted by Crippen LogP contribution is 2.20. The van der Waals surface area contributed by atoms with Gasteiger partial charge in [-0.25, -0.2) is 0 Å². The van der Waals surface area contributed by atoms with Gasteiger partial charge in [0.25, 0.3) is 5.91 Å². The van der Waals surface area contributed by atoms with Crippen LogP contribution in [0.25, 0.3) is 0 Å². The molecule has 1 N–H and O–H groups in total. The molecule has 0 heterocycles. The van der Waals surface area contributed by atoms with E-state index in [2.05, 4.69) is 4.74 Å².